The van der Waals surface area contributed by atoms with Gasteiger partial charge in [0.1, 0.15) is 0 Å². The number of nitrogens with two attached hydrogens (primary N) is 1. The summed E-state index contributed by atoms with van der Waals surface area (Å²) in [6, 6.07) is 9.05. The topological polar surface area (TPSA) is 77.2 Å². The summed E-state index contributed by atoms with van der Waals surface area (Å²) >= 11 is 0. The van der Waals surface area contributed by atoms with E-state index in [0.29, 0.717) is 18.7 Å². The number of para-hydroxylation sites is 1. The minimum Gasteiger partial charge on any atom is -0.383 e. The highest BCUT2D eigenvalue weighted by Gasteiger charge is 2.14. The molecule has 1 atom stereocenters. The lowest BCUT2D eigenvalue weighted by molar-refractivity contribution is 0.0902. The van der Waals surface area contributed by atoms with Crippen molar-refractivity contribution >= 4 is 16.8 Å². The summed E-state index contributed by atoms with van der Waals surface area (Å²) in [5.41, 5.74) is 6.99. The van der Waals surface area contributed by atoms with Crippen molar-refractivity contribution in [2.75, 3.05) is 20.3 Å². The zero-order chi connectivity index (χ0) is 13.7. The first-order valence-corrected chi connectivity index (χ1v) is 6.10. The third kappa shape index (κ3) is 3.07. The van der Waals surface area contributed by atoms with Gasteiger partial charge in [0.2, 0.25) is 0 Å². The molecule has 2 aromatic rings. The number of nitrogens with one attached hydrogen (secondary N) is 1. The Balaban J connectivity index is 2.26. The van der Waals surface area contributed by atoms with Crippen molar-refractivity contribution < 1.29 is 9.53 Å². The van der Waals surface area contributed by atoms with Crippen LogP contribution in [-0.2, 0) is 4.74 Å². The Morgan fingerprint density at radius 1 is 1.42 bits per heavy atom. The van der Waals surface area contributed by atoms with Crippen LogP contribution in [0.3, 0.4) is 0 Å². The average molecular weight is 259 g/mol. The van der Waals surface area contributed by atoms with Gasteiger partial charge in [0.05, 0.1) is 23.7 Å². The third-order valence-corrected chi connectivity index (χ3v) is 2.88. The molecule has 0 radical (unpaired) electrons. The first-order chi connectivity index (χ1) is 9.26. The van der Waals surface area contributed by atoms with Gasteiger partial charge < -0.3 is 15.8 Å². The number of ether oxygens (including phenoxy) is 1. The second-order valence-corrected chi connectivity index (χ2v) is 4.24. The summed E-state index contributed by atoms with van der Waals surface area (Å²) in [5.74, 6) is -0.161. The van der Waals surface area contributed by atoms with Crippen molar-refractivity contribution in [3.8, 4) is 0 Å². The fourth-order valence-corrected chi connectivity index (χ4v) is 1.93. The highest BCUT2D eigenvalue weighted by molar-refractivity contribution is 6.06. The van der Waals surface area contributed by atoms with E-state index in [1.807, 2.05) is 24.3 Å². The quantitative estimate of drug-likeness (QED) is 0.837. The van der Waals surface area contributed by atoms with Gasteiger partial charge in [0.15, 0.2) is 0 Å². The van der Waals surface area contributed by atoms with Crippen molar-refractivity contribution in [2.45, 2.75) is 6.04 Å². The highest BCUT2D eigenvalue weighted by Crippen LogP contribution is 2.15. The molecule has 0 bridgehead atoms. The van der Waals surface area contributed by atoms with E-state index in [2.05, 4.69) is 10.3 Å². The normalized spacial score (nSPS) is 12.3. The van der Waals surface area contributed by atoms with Gasteiger partial charge in [0.25, 0.3) is 5.91 Å². The standard InChI is InChI=1S/C14H17N3O2/c1-19-9-10(8-15)17-14(18)12-6-7-16-13-5-3-2-4-11(12)13/h2-7,10H,8-9,15H2,1H3,(H,17,18). The zero-order valence-corrected chi connectivity index (χ0v) is 10.8. The van der Waals surface area contributed by atoms with E-state index in [-0.39, 0.29) is 11.9 Å². The van der Waals surface area contributed by atoms with Crippen LogP contribution in [0.25, 0.3) is 10.9 Å². The summed E-state index contributed by atoms with van der Waals surface area (Å²) in [6.45, 7) is 0.730. The summed E-state index contributed by atoms with van der Waals surface area (Å²) in [6.07, 6.45) is 1.63. The molecule has 1 heterocycles. The maximum atomic E-state index is 12.3. The Hall–Kier alpha value is -1.98. The molecule has 0 spiro atoms. The summed E-state index contributed by atoms with van der Waals surface area (Å²) in [5, 5.41) is 3.69. The van der Waals surface area contributed by atoms with Gasteiger partial charge in [-0.1, -0.05) is 18.2 Å². The lowest BCUT2D eigenvalue weighted by Gasteiger charge is -2.16. The van der Waals surface area contributed by atoms with Gasteiger partial charge in [-0.25, -0.2) is 0 Å². The van der Waals surface area contributed by atoms with Gasteiger partial charge >= 0.3 is 0 Å². The number of benzene rings is 1. The van der Waals surface area contributed by atoms with E-state index >= 15 is 0 Å². The molecular weight excluding hydrogens is 242 g/mol. The van der Waals surface area contributed by atoms with E-state index in [4.69, 9.17) is 10.5 Å². The predicted molar refractivity (Wildman–Crippen MR) is 73.9 cm³/mol. The van der Waals surface area contributed by atoms with Gasteiger partial charge in [-0.2, -0.15) is 0 Å². The van der Waals surface area contributed by atoms with Crippen molar-refractivity contribution in [1.29, 1.82) is 0 Å². The highest BCUT2D eigenvalue weighted by atomic mass is 16.5. The molecular formula is C14H17N3O2. The number of carbonyl (C=O) groups is 1. The van der Waals surface area contributed by atoms with Crippen LogP contribution in [0.1, 0.15) is 10.4 Å². The molecule has 0 aliphatic rings. The molecule has 3 N–H and O–H groups in total. The SMILES string of the molecule is COCC(CN)NC(=O)c1ccnc2ccccc12. The lowest BCUT2D eigenvalue weighted by atomic mass is 10.1. The van der Waals surface area contributed by atoms with Crippen LogP contribution < -0.4 is 11.1 Å². The van der Waals surface area contributed by atoms with E-state index in [1.165, 1.54) is 0 Å². The van der Waals surface area contributed by atoms with E-state index in [0.717, 1.165) is 10.9 Å². The van der Waals surface area contributed by atoms with Crippen LogP contribution >= 0.6 is 0 Å². The van der Waals surface area contributed by atoms with Crippen LogP contribution in [0.5, 0.6) is 0 Å². The van der Waals surface area contributed by atoms with Crippen LogP contribution in [0.2, 0.25) is 0 Å². The molecule has 0 aliphatic carbocycles. The van der Waals surface area contributed by atoms with Crippen molar-refractivity contribution in [3.63, 3.8) is 0 Å². The number of nitrogens with zero attached hydrogens (tertiary/aromatic N) is 1. The molecule has 1 unspecified atom stereocenters. The van der Waals surface area contributed by atoms with Gasteiger partial charge in [-0.05, 0) is 12.1 Å². The molecule has 0 fully saturated rings. The Morgan fingerprint density at radius 2 is 2.21 bits per heavy atom. The van der Waals surface area contributed by atoms with Crippen molar-refractivity contribution in [1.82, 2.24) is 10.3 Å². The number of pyridine rings is 1. The van der Waals surface area contributed by atoms with Gasteiger partial charge in [-0.15, -0.1) is 0 Å². The van der Waals surface area contributed by atoms with Crippen LogP contribution in [-0.4, -0.2) is 37.2 Å². The molecule has 2 rings (SSSR count). The minimum absolute atomic E-state index is 0.161. The largest absolute Gasteiger partial charge is 0.383 e. The summed E-state index contributed by atoms with van der Waals surface area (Å²) in [7, 11) is 1.58. The maximum Gasteiger partial charge on any atom is 0.252 e. The molecule has 100 valence electrons. The van der Waals surface area contributed by atoms with Crippen LogP contribution in [0.4, 0.5) is 0 Å². The molecule has 1 aromatic carbocycles. The van der Waals surface area contributed by atoms with E-state index < -0.39 is 0 Å². The summed E-state index contributed by atoms with van der Waals surface area (Å²) < 4.78 is 5.01. The molecule has 1 amide bonds. The number of hydrogen-bond donors (Lipinski definition) is 2. The average Bonchev–Trinajstić information content (AvgIpc) is 2.46. The Kier molecular flexibility index (Phi) is 4.43. The Morgan fingerprint density at radius 3 is 2.95 bits per heavy atom. The molecule has 19 heavy (non-hydrogen) atoms. The second kappa shape index (κ2) is 6.26. The third-order valence-electron chi connectivity index (χ3n) is 2.88. The number of fused-ring (bicyclic) bond motifs is 1. The Bertz CT molecular complexity index is 566. The predicted octanol–water partition coefficient (Wildman–Crippen LogP) is 0.938. The van der Waals surface area contributed by atoms with Crippen molar-refractivity contribution in [3.05, 3.63) is 42.1 Å². The minimum atomic E-state index is -0.190. The first-order valence-electron chi connectivity index (χ1n) is 6.10. The Labute approximate surface area is 111 Å². The second-order valence-electron chi connectivity index (χ2n) is 4.24. The molecule has 0 saturated carbocycles. The van der Waals surface area contributed by atoms with Gasteiger partial charge in [-0.3, -0.25) is 9.78 Å². The fourth-order valence-electron chi connectivity index (χ4n) is 1.93. The molecule has 5 nitrogen and oxygen atoms in total. The monoisotopic (exact) mass is 259 g/mol. The van der Waals surface area contributed by atoms with Crippen LogP contribution in [0, 0.1) is 0 Å². The molecule has 0 saturated heterocycles. The lowest BCUT2D eigenvalue weighted by Crippen LogP contribution is -2.43. The smallest absolute Gasteiger partial charge is 0.252 e. The molecule has 0 aliphatic heterocycles. The number of methoxy groups -OCH3 is 1. The van der Waals surface area contributed by atoms with E-state index in [9.17, 15) is 4.79 Å². The zero-order valence-electron chi connectivity index (χ0n) is 10.8. The maximum absolute atomic E-state index is 12.3. The summed E-state index contributed by atoms with van der Waals surface area (Å²) in [4.78, 5) is 16.5. The first kappa shape index (κ1) is 13.5. The fraction of sp³-hybridized carbons (Fsp3) is 0.286. The van der Waals surface area contributed by atoms with Crippen molar-refractivity contribution in [2.24, 2.45) is 5.73 Å². The number of hydrogen-bond acceptors (Lipinski definition) is 4. The van der Waals surface area contributed by atoms with Gasteiger partial charge in [0, 0.05) is 25.2 Å². The number of rotatable bonds is 5. The number of carbonyl (C=O) groups excluding carboxylic acids is 1. The molecule has 1 aromatic heterocycles. The number of amides is 1. The molecule has 5 heteroatoms. The van der Waals surface area contributed by atoms with E-state index in [1.54, 1.807) is 19.4 Å². The van der Waals surface area contributed by atoms with Crippen LogP contribution in [0.15, 0.2) is 36.5 Å². The number of aromatic nitrogens is 1.